The molecule has 3 aromatic rings. The van der Waals surface area contributed by atoms with Crippen LogP contribution in [-0.4, -0.2) is 32.8 Å². The van der Waals surface area contributed by atoms with Gasteiger partial charge in [-0.3, -0.25) is 9.47 Å². The van der Waals surface area contributed by atoms with Crippen LogP contribution in [0.3, 0.4) is 0 Å². The van der Waals surface area contributed by atoms with Crippen LogP contribution in [0.25, 0.3) is 17.1 Å². The van der Waals surface area contributed by atoms with Crippen LogP contribution >= 0.6 is 35.4 Å². The van der Waals surface area contributed by atoms with Crippen molar-refractivity contribution in [3.63, 3.8) is 0 Å². The summed E-state index contributed by atoms with van der Waals surface area (Å²) < 4.78 is 4.21. The lowest BCUT2D eigenvalue weighted by Crippen LogP contribution is -2.23. The van der Waals surface area contributed by atoms with Crippen molar-refractivity contribution in [3.8, 4) is 23.1 Å². The summed E-state index contributed by atoms with van der Waals surface area (Å²) in [5.74, 6) is 0.704. The van der Waals surface area contributed by atoms with E-state index in [0.717, 1.165) is 16.8 Å². The van der Waals surface area contributed by atoms with E-state index in [0.29, 0.717) is 40.3 Å². The standard InChI is InChI=1S/C20H19Cl2N5S/c1-14-4-9-17(12-18(14)22)27-19(15-5-7-16(21)8-6-15)24-26(20(27)28)13-25(2)11-3-10-23/h4-9,12H,3,11,13H2,1-2H3. The molecule has 0 aliphatic rings. The van der Waals surface area contributed by atoms with Crippen LogP contribution in [0.4, 0.5) is 0 Å². The summed E-state index contributed by atoms with van der Waals surface area (Å²) >= 11 is 18.1. The zero-order chi connectivity index (χ0) is 20.3. The maximum Gasteiger partial charge on any atom is 0.204 e. The van der Waals surface area contributed by atoms with Gasteiger partial charge in [-0.05, 0) is 68.2 Å². The number of aryl methyl sites for hydroxylation is 1. The first kappa shape index (κ1) is 20.6. The van der Waals surface area contributed by atoms with E-state index in [1.165, 1.54) is 0 Å². The number of halogens is 2. The number of hydrogen-bond acceptors (Lipinski definition) is 4. The molecule has 0 aliphatic heterocycles. The van der Waals surface area contributed by atoms with Crippen LogP contribution in [0.1, 0.15) is 12.0 Å². The Hall–Kier alpha value is -2.17. The molecule has 144 valence electrons. The maximum absolute atomic E-state index is 8.81. The predicted molar refractivity (Wildman–Crippen MR) is 115 cm³/mol. The first-order valence-electron chi connectivity index (χ1n) is 8.68. The fourth-order valence-electron chi connectivity index (χ4n) is 2.78. The molecule has 0 radical (unpaired) electrons. The number of aromatic nitrogens is 3. The van der Waals surface area contributed by atoms with E-state index in [1.54, 1.807) is 4.68 Å². The van der Waals surface area contributed by atoms with Gasteiger partial charge in [0.15, 0.2) is 5.82 Å². The van der Waals surface area contributed by atoms with Crippen LogP contribution in [0.5, 0.6) is 0 Å². The third kappa shape index (κ3) is 4.45. The van der Waals surface area contributed by atoms with Gasteiger partial charge in [0.1, 0.15) is 0 Å². The summed E-state index contributed by atoms with van der Waals surface area (Å²) in [6.45, 7) is 3.07. The molecule has 0 bridgehead atoms. The van der Waals surface area contributed by atoms with Crippen LogP contribution in [0.15, 0.2) is 42.5 Å². The highest BCUT2D eigenvalue weighted by Gasteiger charge is 2.16. The van der Waals surface area contributed by atoms with Gasteiger partial charge in [0.2, 0.25) is 4.77 Å². The minimum absolute atomic E-state index is 0.447. The lowest BCUT2D eigenvalue weighted by atomic mass is 10.2. The molecule has 0 unspecified atom stereocenters. The molecule has 0 amide bonds. The third-order valence-corrected chi connectivity index (χ3v) is 5.39. The molecule has 0 atom stereocenters. The monoisotopic (exact) mass is 431 g/mol. The van der Waals surface area contributed by atoms with E-state index >= 15 is 0 Å². The zero-order valence-electron chi connectivity index (χ0n) is 15.6. The Labute approximate surface area is 179 Å². The summed E-state index contributed by atoms with van der Waals surface area (Å²) in [5, 5.41) is 14.9. The van der Waals surface area contributed by atoms with Gasteiger partial charge in [-0.25, -0.2) is 4.68 Å². The highest BCUT2D eigenvalue weighted by atomic mass is 35.5. The SMILES string of the molecule is Cc1ccc(-n2c(-c3ccc(Cl)cc3)nn(CN(C)CCC#N)c2=S)cc1Cl. The van der Waals surface area contributed by atoms with Gasteiger partial charge in [0.05, 0.1) is 18.4 Å². The van der Waals surface area contributed by atoms with Gasteiger partial charge in [-0.15, -0.1) is 5.10 Å². The smallest absolute Gasteiger partial charge is 0.204 e. The summed E-state index contributed by atoms with van der Waals surface area (Å²) in [4.78, 5) is 2.00. The molecule has 2 aromatic carbocycles. The molecule has 1 heterocycles. The molecule has 0 saturated heterocycles. The molecule has 28 heavy (non-hydrogen) atoms. The van der Waals surface area contributed by atoms with E-state index in [4.69, 9.17) is 45.8 Å². The summed E-state index contributed by atoms with van der Waals surface area (Å²) in [6.07, 6.45) is 0.447. The maximum atomic E-state index is 8.81. The fraction of sp³-hybridized carbons (Fsp3) is 0.250. The highest BCUT2D eigenvalue weighted by molar-refractivity contribution is 7.71. The van der Waals surface area contributed by atoms with Gasteiger partial charge in [0.25, 0.3) is 0 Å². The minimum atomic E-state index is 0.447. The van der Waals surface area contributed by atoms with Gasteiger partial charge >= 0.3 is 0 Å². The lowest BCUT2D eigenvalue weighted by Gasteiger charge is -2.14. The molecule has 1 aromatic heterocycles. The van der Waals surface area contributed by atoms with Crippen molar-refractivity contribution in [3.05, 3.63) is 62.8 Å². The number of hydrogen-bond donors (Lipinski definition) is 0. The third-order valence-electron chi connectivity index (χ3n) is 4.34. The molecule has 0 aliphatic carbocycles. The quantitative estimate of drug-likeness (QED) is 0.484. The van der Waals surface area contributed by atoms with Gasteiger partial charge in [-0.1, -0.05) is 29.3 Å². The molecule has 8 heteroatoms. The normalized spacial score (nSPS) is 11.0. The van der Waals surface area contributed by atoms with Crippen molar-refractivity contribution in [2.24, 2.45) is 0 Å². The lowest BCUT2D eigenvalue weighted by molar-refractivity contribution is 0.257. The largest absolute Gasteiger partial charge is 0.286 e. The van der Waals surface area contributed by atoms with E-state index in [1.807, 2.05) is 65.9 Å². The van der Waals surface area contributed by atoms with Crippen molar-refractivity contribution in [1.29, 1.82) is 5.26 Å². The van der Waals surface area contributed by atoms with Crippen LogP contribution in [0.2, 0.25) is 10.0 Å². The van der Waals surface area contributed by atoms with E-state index in [2.05, 4.69) is 6.07 Å². The molecular formula is C20H19Cl2N5S. The molecule has 0 fully saturated rings. The summed E-state index contributed by atoms with van der Waals surface area (Å²) in [7, 11) is 1.93. The fourth-order valence-corrected chi connectivity index (χ4v) is 3.37. The van der Waals surface area contributed by atoms with Crippen molar-refractivity contribution in [2.75, 3.05) is 13.6 Å². The predicted octanol–water partition coefficient (Wildman–Crippen LogP) is 5.49. The highest BCUT2D eigenvalue weighted by Crippen LogP contribution is 2.27. The second-order valence-corrected chi connectivity index (χ2v) is 7.72. The van der Waals surface area contributed by atoms with E-state index in [9.17, 15) is 0 Å². The van der Waals surface area contributed by atoms with Crippen molar-refractivity contribution >= 4 is 35.4 Å². The van der Waals surface area contributed by atoms with Crippen LogP contribution in [-0.2, 0) is 6.67 Å². The molecule has 5 nitrogen and oxygen atoms in total. The Morgan fingerprint density at radius 1 is 1.18 bits per heavy atom. The van der Waals surface area contributed by atoms with Crippen molar-refractivity contribution in [2.45, 2.75) is 20.0 Å². The first-order chi connectivity index (χ1) is 13.4. The topological polar surface area (TPSA) is 49.8 Å². The second-order valence-electron chi connectivity index (χ2n) is 6.51. The van der Waals surface area contributed by atoms with Gasteiger partial charge in [-0.2, -0.15) is 5.26 Å². The van der Waals surface area contributed by atoms with Crippen molar-refractivity contribution in [1.82, 2.24) is 19.2 Å². The van der Waals surface area contributed by atoms with Gasteiger partial charge in [0, 0.05) is 28.6 Å². The zero-order valence-corrected chi connectivity index (χ0v) is 17.9. The Kier molecular flexibility index (Phi) is 6.53. The molecule has 0 spiro atoms. The Balaban J connectivity index is 2.12. The number of nitriles is 1. The molecule has 0 N–H and O–H groups in total. The number of rotatable bonds is 6. The molecule has 0 saturated carbocycles. The Bertz CT molecular complexity index is 1080. The summed E-state index contributed by atoms with van der Waals surface area (Å²) in [5.41, 5.74) is 2.73. The number of nitrogens with zero attached hydrogens (tertiary/aromatic N) is 5. The molecular weight excluding hydrogens is 413 g/mol. The van der Waals surface area contributed by atoms with Gasteiger partial charge < -0.3 is 0 Å². The first-order valence-corrected chi connectivity index (χ1v) is 9.85. The summed E-state index contributed by atoms with van der Waals surface area (Å²) in [6, 6.07) is 15.4. The minimum Gasteiger partial charge on any atom is -0.286 e. The van der Waals surface area contributed by atoms with Crippen LogP contribution < -0.4 is 0 Å². The average Bonchev–Trinajstić information content (AvgIpc) is 2.99. The average molecular weight is 432 g/mol. The Morgan fingerprint density at radius 3 is 2.54 bits per heavy atom. The van der Waals surface area contributed by atoms with Crippen molar-refractivity contribution < 1.29 is 0 Å². The Morgan fingerprint density at radius 2 is 1.89 bits per heavy atom. The van der Waals surface area contributed by atoms with E-state index < -0.39 is 0 Å². The number of benzene rings is 2. The van der Waals surface area contributed by atoms with Crippen LogP contribution in [0, 0.1) is 23.0 Å². The molecule has 3 rings (SSSR count). The second kappa shape index (κ2) is 8.89. The van der Waals surface area contributed by atoms with E-state index in [-0.39, 0.29) is 0 Å².